The van der Waals surface area contributed by atoms with Crippen molar-refractivity contribution in [1.82, 2.24) is 4.90 Å². The molecule has 1 saturated heterocycles. The van der Waals surface area contributed by atoms with Crippen LogP contribution in [0.1, 0.15) is 18.4 Å². The molecule has 0 aromatic heterocycles. The Labute approximate surface area is 114 Å². The van der Waals surface area contributed by atoms with Gasteiger partial charge in [-0.1, -0.05) is 12.1 Å². The number of ether oxygens (including phenoxy) is 2. The van der Waals surface area contributed by atoms with Gasteiger partial charge in [0.05, 0.1) is 0 Å². The lowest BCUT2D eigenvalue weighted by atomic mass is 10.2. The van der Waals surface area contributed by atoms with Crippen molar-refractivity contribution in [2.75, 3.05) is 6.73 Å². The molecule has 0 spiro atoms. The van der Waals surface area contributed by atoms with E-state index in [1.165, 1.54) is 24.3 Å². The van der Waals surface area contributed by atoms with Crippen LogP contribution in [0.2, 0.25) is 0 Å². The maximum atomic E-state index is 12.7. The summed E-state index contributed by atoms with van der Waals surface area (Å²) in [4.78, 5) is 34.6. The molecule has 0 saturated carbocycles. The molecule has 2 amide bonds. The van der Waals surface area contributed by atoms with Crippen molar-refractivity contribution in [3.63, 3.8) is 0 Å². The molecule has 1 aromatic carbocycles. The minimum atomic E-state index is -0.998. The highest BCUT2D eigenvalue weighted by Gasteiger charge is 2.29. The Morgan fingerprint density at radius 3 is 2.30 bits per heavy atom. The molecule has 7 heteroatoms. The number of amides is 2. The minimum absolute atomic E-state index is 0.0823. The third kappa shape index (κ3) is 3.53. The van der Waals surface area contributed by atoms with Gasteiger partial charge in [-0.15, -0.1) is 0 Å². The number of rotatable bonds is 4. The van der Waals surface area contributed by atoms with Gasteiger partial charge in [0.2, 0.25) is 11.8 Å². The lowest BCUT2D eigenvalue weighted by molar-refractivity contribution is -0.143. The molecule has 2 rings (SSSR count). The van der Waals surface area contributed by atoms with Crippen LogP contribution in [0.5, 0.6) is 0 Å². The molecular formula is C13H12FNO5. The maximum absolute atomic E-state index is 12.7. The number of halogens is 1. The van der Waals surface area contributed by atoms with Crippen molar-refractivity contribution in [1.29, 1.82) is 0 Å². The molecule has 0 aliphatic carbocycles. The Bertz CT molecular complexity index is 512. The average molecular weight is 281 g/mol. The van der Waals surface area contributed by atoms with Gasteiger partial charge in [0.15, 0.2) is 6.73 Å². The summed E-state index contributed by atoms with van der Waals surface area (Å²) in [6.07, 6.45) is -0.735. The molecule has 0 N–H and O–H groups in total. The predicted molar refractivity (Wildman–Crippen MR) is 63.6 cm³/mol. The van der Waals surface area contributed by atoms with E-state index >= 15 is 0 Å². The van der Waals surface area contributed by atoms with E-state index in [0.29, 0.717) is 5.56 Å². The zero-order valence-corrected chi connectivity index (χ0v) is 10.5. The quantitative estimate of drug-likeness (QED) is 0.619. The molecule has 1 aromatic rings. The number of benzene rings is 1. The molecule has 0 radical (unpaired) electrons. The number of hydrogen-bond acceptors (Lipinski definition) is 5. The molecule has 0 unspecified atom stereocenters. The molecule has 1 heterocycles. The van der Waals surface area contributed by atoms with Gasteiger partial charge in [0.1, 0.15) is 12.4 Å². The summed E-state index contributed by atoms with van der Waals surface area (Å²) in [6, 6.07) is 5.42. The van der Waals surface area contributed by atoms with Gasteiger partial charge < -0.3 is 9.47 Å². The number of carbonyl (C=O) groups is 3. The summed E-state index contributed by atoms with van der Waals surface area (Å²) in [5.74, 6) is -1.13. The van der Waals surface area contributed by atoms with E-state index in [1.807, 2.05) is 0 Å². The molecule has 6 nitrogen and oxygen atoms in total. The molecule has 0 bridgehead atoms. The Kier molecular flexibility index (Phi) is 4.29. The fraction of sp³-hybridized carbons (Fsp3) is 0.308. The van der Waals surface area contributed by atoms with Crippen molar-refractivity contribution in [2.45, 2.75) is 19.4 Å². The van der Waals surface area contributed by atoms with Crippen LogP contribution < -0.4 is 0 Å². The van der Waals surface area contributed by atoms with Crippen molar-refractivity contribution in [2.24, 2.45) is 0 Å². The van der Waals surface area contributed by atoms with Crippen LogP contribution in [0.15, 0.2) is 24.3 Å². The lowest BCUT2D eigenvalue weighted by Crippen LogP contribution is -2.32. The van der Waals surface area contributed by atoms with Gasteiger partial charge in [0.25, 0.3) is 0 Å². The molecule has 1 aliphatic heterocycles. The Hall–Kier alpha value is -2.44. The summed E-state index contributed by atoms with van der Waals surface area (Å²) in [5.41, 5.74) is 0.594. The van der Waals surface area contributed by atoms with E-state index in [4.69, 9.17) is 4.74 Å². The largest absolute Gasteiger partial charge is 0.510 e. The SMILES string of the molecule is O=C(OCc1ccc(F)cc1)OCN1C(=O)CCC1=O. The molecule has 1 aliphatic rings. The molecule has 1 fully saturated rings. The fourth-order valence-corrected chi connectivity index (χ4v) is 1.65. The number of imide groups is 1. The molecule has 106 valence electrons. The van der Waals surface area contributed by atoms with Crippen LogP contribution in [0.4, 0.5) is 9.18 Å². The van der Waals surface area contributed by atoms with Crippen molar-refractivity contribution < 1.29 is 28.2 Å². The summed E-state index contributed by atoms with van der Waals surface area (Å²) in [7, 11) is 0. The van der Waals surface area contributed by atoms with Crippen LogP contribution in [0.25, 0.3) is 0 Å². The van der Waals surface area contributed by atoms with Crippen molar-refractivity contribution in [3.05, 3.63) is 35.6 Å². The smallest absolute Gasteiger partial charge is 0.429 e. The predicted octanol–water partition coefficient (Wildman–Crippen LogP) is 1.59. The summed E-state index contributed by atoms with van der Waals surface area (Å²) in [5, 5.41) is 0. The summed E-state index contributed by atoms with van der Waals surface area (Å²) >= 11 is 0. The van der Waals surface area contributed by atoms with Crippen LogP contribution in [-0.4, -0.2) is 29.6 Å². The van der Waals surface area contributed by atoms with Crippen LogP contribution in [0, 0.1) is 5.82 Å². The minimum Gasteiger partial charge on any atom is -0.429 e. The zero-order chi connectivity index (χ0) is 14.5. The van der Waals surface area contributed by atoms with E-state index in [2.05, 4.69) is 4.74 Å². The van der Waals surface area contributed by atoms with Gasteiger partial charge in [0, 0.05) is 12.8 Å². The number of hydrogen-bond donors (Lipinski definition) is 0. The highest BCUT2D eigenvalue weighted by Crippen LogP contribution is 2.11. The van der Waals surface area contributed by atoms with Gasteiger partial charge in [-0.2, -0.15) is 0 Å². The number of carbonyl (C=O) groups excluding carboxylic acids is 3. The topological polar surface area (TPSA) is 72.9 Å². The summed E-state index contributed by atoms with van der Waals surface area (Å²) in [6.45, 7) is -0.527. The highest BCUT2D eigenvalue weighted by molar-refractivity contribution is 6.01. The van der Waals surface area contributed by atoms with Gasteiger partial charge in [-0.3, -0.25) is 9.59 Å². The van der Waals surface area contributed by atoms with E-state index in [0.717, 1.165) is 4.90 Å². The molecule has 0 atom stereocenters. The first kappa shape index (κ1) is 14.0. The first-order valence-corrected chi connectivity index (χ1v) is 5.93. The number of nitrogens with zero attached hydrogens (tertiary/aromatic N) is 1. The lowest BCUT2D eigenvalue weighted by Gasteiger charge is -2.13. The Morgan fingerprint density at radius 2 is 1.70 bits per heavy atom. The fourth-order valence-electron chi connectivity index (χ4n) is 1.65. The van der Waals surface area contributed by atoms with E-state index < -0.39 is 12.9 Å². The monoisotopic (exact) mass is 281 g/mol. The third-order valence-corrected chi connectivity index (χ3v) is 2.74. The van der Waals surface area contributed by atoms with E-state index in [9.17, 15) is 18.8 Å². The standard InChI is InChI=1S/C13H12FNO5/c14-10-3-1-9(2-4-10)7-19-13(18)20-8-15-11(16)5-6-12(15)17/h1-4H,5-8H2. The average Bonchev–Trinajstić information content (AvgIpc) is 2.75. The Morgan fingerprint density at radius 1 is 1.10 bits per heavy atom. The van der Waals surface area contributed by atoms with Crippen molar-refractivity contribution >= 4 is 18.0 Å². The third-order valence-electron chi connectivity index (χ3n) is 2.74. The van der Waals surface area contributed by atoms with Gasteiger partial charge >= 0.3 is 6.16 Å². The summed E-state index contributed by atoms with van der Waals surface area (Å²) < 4.78 is 22.1. The van der Waals surface area contributed by atoms with Crippen molar-refractivity contribution in [3.8, 4) is 0 Å². The first-order chi connectivity index (χ1) is 9.56. The van der Waals surface area contributed by atoms with Crippen LogP contribution >= 0.6 is 0 Å². The Balaban J connectivity index is 1.74. The van der Waals surface area contributed by atoms with E-state index in [-0.39, 0.29) is 37.1 Å². The molecule has 20 heavy (non-hydrogen) atoms. The maximum Gasteiger partial charge on any atom is 0.510 e. The second-order valence-corrected chi connectivity index (χ2v) is 4.15. The second-order valence-electron chi connectivity index (χ2n) is 4.15. The van der Waals surface area contributed by atoms with Gasteiger partial charge in [-0.25, -0.2) is 14.1 Å². The highest BCUT2D eigenvalue weighted by atomic mass is 19.1. The zero-order valence-electron chi connectivity index (χ0n) is 10.5. The first-order valence-electron chi connectivity index (χ1n) is 5.93. The van der Waals surface area contributed by atoms with Crippen LogP contribution in [-0.2, 0) is 25.7 Å². The van der Waals surface area contributed by atoms with Gasteiger partial charge in [-0.05, 0) is 17.7 Å². The van der Waals surface area contributed by atoms with Crippen LogP contribution in [0.3, 0.4) is 0 Å². The normalized spacial score (nSPS) is 14.6. The second kappa shape index (κ2) is 6.14. The molecular weight excluding hydrogens is 269 g/mol. The van der Waals surface area contributed by atoms with E-state index in [1.54, 1.807) is 0 Å². The number of likely N-dealkylation sites (tertiary alicyclic amines) is 1.